The molecule has 0 radical (unpaired) electrons. The van der Waals surface area contributed by atoms with Crippen LogP contribution in [0, 0.1) is 0 Å². The zero-order valence-electron chi connectivity index (χ0n) is 14.9. The van der Waals surface area contributed by atoms with Gasteiger partial charge in [0.1, 0.15) is 5.75 Å². The highest BCUT2D eigenvalue weighted by molar-refractivity contribution is 5.77. The van der Waals surface area contributed by atoms with Crippen LogP contribution in [0.5, 0.6) is 5.75 Å². The number of esters is 1. The molecule has 24 heavy (non-hydrogen) atoms. The van der Waals surface area contributed by atoms with E-state index in [9.17, 15) is 4.79 Å². The number of ether oxygens (including phenoxy) is 2. The molecule has 1 unspecified atom stereocenters. The zero-order chi connectivity index (χ0) is 17.6. The molecule has 2 aromatic rings. The summed E-state index contributed by atoms with van der Waals surface area (Å²) >= 11 is 0. The Labute approximate surface area is 144 Å². The van der Waals surface area contributed by atoms with E-state index < -0.39 is 0 Å². The van der Waals surface area contributed by atoms with Gasteiger partial charge in [-0.3, -0.25) is 4.79 Å². The van der Waals surface area contributed by atoms with Crippen molar-refractivity contribution in [2.75, 3.05) is 13.2 Å². The fraction of sp³-hybridized carbons (Fsp3) is 0.381. The van der Waals surface area contributed by atoms with Crippen LogP contribution in [0.15, 0.2) is 54.6 Å². The van der Waals surface area contributed by atoms with Crippen LogP contribution in [0.3, 0.4) is 0 Å². The third-order valence-corrected chi connectivity index (χ3v) is 4.18. The van der Waals surface area contributed by atoms with Crippen molar-refractivity contribution >= 4 is 5.97 Å². The molecule has 2 rings (SSSR count). The second-order valence-electron chi connectivity index (χ2n) is 6.58. The van der Waals surface area contributed by atoms with Crippen molar-refractivity contribution in [3.05, 3.63) is 65.7 Å². The van der Waals surface area contributed by atoms with Crippen LogP contribution < -0.4 is 4.74 Å². The summed E-state index contributed by atoms with van der Waals surface area (Å²) in [5.41, 5.74) is 2.11. The number of rotatable bonds is 7. The first-order valence-electron chi connectivity index (χ1n) is 8.39. The summed E-state index contributed by atoms with van der Waals surface area (Å²) in [7, 11) is 0. The molecule has 0 bridgehead atoms. The van der Waals surface area contributed by atoms with E-state index in [1.807, 2.05) is 56.3 Å². The molecule has 3 nitrogen and oxygen atoms in total. The van der Waals surface area contributed by atoms with Crippen LogP contribution in [0.1, 0.15) is 44.7 Å². The third kappa shape index (κ3) is 4.60. The molecule has 0 amide bonds. The predicted molar refractivity (Wildman–Crippen MR) is 96.5 cm³/mol. The van der Waals surface area contributed by atoms with Gasteiger partial charge in [-0.05, 0) is 37.1 Å². The second kappa shape index (κ2) is 8.00. The summed E-state index contributed by atoms with van der Waals surface area (Å²) in [5.74, 6) is 0.343. The van der Waals surface area contributed by atoms with Crippen molar-refractivity contribution in [3.8, 4) is 5.75 Å². The van der Waals surface area contributed by atoms with E-state index >= 15 is 0 Å². The lowest BCUT2D eigenvalue weighted by molar-refractivity contribution is -0.144. The largest absolute Gasteiger partial charge is 0.493 e. The number of hydrogen-bond donors (Lipinski definition) is 0. The van der Waals surface area contributed by atoms with Crippen molar-refractivity contribution < 1.29 is 14.3 Å². The van der Waals surface area contributed by atoms with Gasteiger partial charge in [-0.15, -0.1) is 0 Å². The number of benzene rings is 2. The van der Waals surface area contributed by atoms with Gasteiger partial charge in [-0.1, -0.05) is 56.3 Å². The Bertz CT molecular complexity index is 645. The summed E-state index contributed by atoms with van der Waals surface area (Å²) in [6, 6.07) is 18.0. The fourth-order valence-corrected chi connectivity index (χ4v) is 2.49. The molecule has 0 fully saturated rings. The van der Waals surface area contributed by atoms with Crippen molar-refractivity contribution in [2.45, 2.75) is 39.0 Å². The average Bonchev–Trinajstić information content (AvgIpc) is 2.61. The number of carbonyl (C=O) groups is 1. The standard InChI is InChI=1S/C21H26O3/c1-5-23-20(22)16(2)17-11-13-19(14-12-17)24-15-21(3,4)18-9-7-6-8-10-18/h6-14,16H,5,15H2,1-4H3. The minimum atomic E-state index is -0.264. The summed E-state index contributed by atoms with van der Waals surface area (Å²) < 4.78 is 11.0. The Balaban J connectivity index is 1.98. The highest BCUT2D eigenvalue weighted by Crippen LogP contribution is 2.25. The summed E-state index contributed by atoms with van der Waals surface area (Å²) in [6.07, 6.45) is 0. The molecule has 2 aromatic carbocycles. The monoisotopic (exact) mass is 326 g/mol. The van der Waals surface area contributed by atoms with E-state index in [-0.39, 0.29) is 17.3 Å². The molecule has 0 aliphatic heterocycles. The topological polar surface area (TPSA) is 35.5 Å². The van der Waals surface area contributed by atoms with Gasteiger partial charge in [0.25, 0.3) is 0 Å². The molecule has 128 valence electrons. The van der Waals surface area contributed by atoms with Crippen molar-refractivity contribution in [3.63, 3.8) is 0 Å². The molecule has 0 aliphatic carbocycles. The molecule has 3 heteroatoms. The Hall–Kier alpha value is -2.29. The quantitative estimate of drug-likeness (QED) is 0.691. The Kier molecular flexibility index (Phi) is 6.02. The van der Waals surface area contributed by atoms with Crippen LogP contribution in [-0.2, 0) is 14.9 Å². The minimum absolute atomic E-state index is 0.0713. The zero-order valence-corrected chi connectivity index (χ0v) is 14.9. The van der Waals surface area contributed by atoms with Crippen LogP contribution >= 0.6 is 0 Å². The van der Waals surface area contributed by atoms with Crippen LogP contribution in [0.4, 0.5) is 0 Å². The summed E-state index contributed by atoms with van der Waals surface area (Å²) in [6.45, 7) is 8.99. The highest BCUT2D eigenvalue weighted by atomic mass is 16.5. The first-order valence-corrected chi connectivity index (χ1v) is 8.39. The van der Waals surface area contributed by atoms with Gasteiger partial charge in [0.05, 0.1) is 19.1 Å². The van der Waals surface area contributed by atoms with Gasteiger partial charge < -0.3 is 9.47 Å². The minimum Gasteiger partial charge on any atom is -0.493 e. The van der Waals surface area contributed by atoms with Gasteiger partial charge in [-0.25, -0.2) is 0 Å². The summed E-state index contributed by atoms with van der Waals surface area (Å²) in [5, 5.41) is 0. The van der Waals surface area contributed by atoms with Gasteiger partial charge in [-0.2, -0.15) is 0 Å². The van der Waals surface area contributed by atoms with E-state index in [0.29, 0.717) is 13.2 Å². The lowest BCUT2D eigenvalue weighted by Crippen LogP contribution is -2.26. The lowest BCUT2D eigenvalue weighted by atomic mass is 9.86. The van der Waals surface area contributed by atoms with E-state index in [1.165, 1.54) is 5.56 Å². The Morgan fingerprint density at radius 2 is 1.67 bits per heavy atom. The van der Waals surface area contributed by atoms with E-state index in [0.717, 1.165) is 11.3 Å². The molecular formula is C21H26O3. The smallest absolute Gasteiger partial charge is 0.313 e. The molecule has 0 heterocycles. The maximum Gasteiger partial charge on any atom is 0.313 e. The third-order valence-electron chi connectivity index (χ3n) is 4.18. The SMILES string of the molecule is CCOC(=O)C(C)c1ccc(OCC(C)(C)c2ccccc2)cc1. The van der Waals surface area contributed by atoms with Crippen LogP contribution in [0.25, 0.3) is 0 Å². The first-order chi connectivity index (χ1) is 11.4. The van der Waals surface area contributed by atoms with Crippen molar-refractivity contribution in [1.82, 2.24) is 0 Å². The summed E-state index contributed by atoms with van der Waals surface area (Å²) in [4.78, 5) is 11.8. The maximum atomic E-state index is 11.8. The maximum absolute atomic E-state index is 11.8. The number of carbonyl (C=O) groups excluding carboxylic acids is 1. The van der Waals surface area contributed by atoms with Gasteiger partial charge >= 0.3 is 5.97 Å². The predicted octanol–water partition coefficient (Wildman–Crippen LogP) is 4.71. The van der Waals surface area contributed by atoms with Crippen LogP contribution in [0.2, 0.25) is 0 Å². The van der Waals surface area contributed by atoms with Crippen LogP contribution in [-0.4, -0.2) is 19.2 Å². The van der Waals surface area contributed by atoms with Crippen molar-refractivity contribution in [2.24, 2.45) is 0 Å². The molecule has 0 saturated carbocycles. The molecule has 0 saturated heterocycles. The average molecular weight is 326 g/mol. The molecule has 1 atom stereocenters. The van der Waals surface area contributed by atoms with Gasteiger partial charge in [0.15, 0.2) is 0 Å². The molecule has 0 aliphatic rings. The lowest BCUT2D eigenvalue weighted by Gasteiger charge is -2.25. The highest BCUT2D eigenvalue weighted by Gasteiger charge is 2.21. The van der Waals surface area contributed by atoms with Gasteiger partial charge in [0.2, 0.25) is 0 Å². The molecule has 0 N–H and O–H groups in total. The normalized spacial score (nSPS) is 12.5. The van der Waals surface area contributed by atoms with Gasteiger partial charge in [0, 0.05) is 5.41 Å². The fourth-order valence-electron chi connectivity index (χ4n) is 2.49. The molecule has 0 spiro atoms. The van der Waals surface area contributed by atoms with Crippen molar-refractivity contribution in [1.29, 1.82) is 0 Å². The Morgan fingerprint density at radius 1 is 1.04 bits per heavy atom. The molecular weight excluding hydrogens is 300 g/mol. The van der Waals surface area contributed by atoms with E-state index in [1.54, 1.807) is 0 Å². The first kappa shape index (κ1) is 18.1. The second-order valence-corrected chi connectivity index (χ2v) is 6.58. The number of hydrogen-bond acceptors (Lipinski definition) is 3. The van der Waals surface area contributed by atoms with E-state index in [2.05, 4.69) is 26.0 Å². The Morgan fingerprint density at radius 3 is 2.25 bits per heavy atom. The molecule has 0 aromatic heterocycles. The van der Waals surface area contributed by atoms with E-state index in [4.69, 9.17) is 9.47 Å².